The van der Waals surface area contributed by atoms with Gasteiger partial charge in [-0.15, -0.1) is 0 Å². The first kappa shape index (κ1) is 19.2. The molecule has 29 heavy (non-hydrogen) atoms. The predicted octanol–water partition coefficient (Wildman–Crippen LogP) is 5.03. The van der Waals surface area contributed by atoms with Gasteiger partial charge in [-0.05, 0) is 47.7 Å². The Bertz CT molecular complexity index is 980. The zero-order valence-corrected chi connectivity index (χ0v) is 16.8. The SMILES string of the molecule is COc1cccc(C(C#N)(c2ccccc2)C2CCN(Cc3ccccc3)C2)c1. The summed E-state index contributed by atoms with van der Waals surface area (Å²) in [6.45, 7) is 2.82. The first-order valence-electron chi connectivity index (χ1n) is 10.1. The van der Waals surface area contributed by atoms with Crippen LogP contribution < -0.4 is 4.74 Å². The van der Waals surface area contributed by atoms with Crippen LogP contribution in [0.15, 0.2) is 84.9 Å². The molecule has 0 bridgehead atoms. The number of ether oxygens (including phenoxy) is 1. The fraction of sp³-hybridized carbons (Fsp3) is 0.269. The van der Waals surface area contributed by atoms with E-state index in [0.29, 0.717) is 0 Å². The molecule has 1 fully saturated rings. The fourth-order valence-corrected chi connectivity index (χ4v) is 4.60. The Labute approximate surface area is 173 Å². The second kappa shape index (κ2) is 8.51. The molecule has 0 N–H and O–H groups in total. The lowest BCUT2D eigenvalue weighted by Crippen LogP contribution is -2.37. The number of nitriles is 1. The maximum atomic E-state index is 10.6. The van der Waals surface area contributed by atoms with Gasteiger partial charge in [-0.25, -0.2) is 0 Å². The summed E-state index contributed by atoms with van der Waals surface area (Å²) in [6.07, 6.45) is 0.993. The van der Waals surface area contributed by atoms with Crippen LogP contribution in [-0.2, 0) is 12.0 Å². The van der Waals surface area contributed by atoms with Crippen LogP contribution in [0.25, 0.3) is 0 Å². The molecule has 2 unspecified atom stereocenters. The molecular formula is C26H26N2O. The molecule has 4 rings (SSSR count). The summed E-state index contributed by atoms with van der Waals surface area (Å²) in [6, 6.07) is 31.6. The molecule has 3 aromatic carbocycles. The third kappa shape index (κ3) is 3.77. The smallest absolute Gasteiger partial charge is 0.119 e. The monoisotopic (exact) mass is 382 g/mol. The van der Waals surface area contributed by atoms with Gasteiger partial charge in [-0.1, -0.05) is 72.8 Å². The third-order valence-corrected chi connectivity index (χ3v) is 6.06. The molecule has 0 radical (unpaired) electrons. The number of hydrogen-bond donors (Lipinski definition) is 0. The van der Waals surface area contributed by atoms with Crippen LogP contribution in [0.1, 0.15) is 23.1 Å². The van der Waals surface area contributed by atoms with Crippen molar-refractivity contribution in [2.45, 2.75) is 18.4 Å². The first-order chi connectivity index (χ1) is 14.3. The van der Waals surface area contributed by atoms with Crippen LogP contribution in [0.3, 0.4) is 0 Å². The highest BCUT2D eigenvalue weighted by Crippen LogP contribution is 2.44. The molecule has 146 valence electrons. The minimum atomic E-state index is -0.693. The zero-order valence-electron chi connectivity index (χ0n) is 16.8. The lowest BCUT2D eigenvalue weighted by atomic mass is 9.66. The molecule has 0 aliphatic carbocycles. The summed E-state index contributed by atoms with van der Waals surface area (Å²) in [5.41, 5.74) is 2.69. The maximum absolute atomic E-state index is 10.6. The molecule has 1 aliphatic rings. The van der Waals surface area contributed by atoms with Crippen molar-refractivity contribution >= 4 is 0 Å². The number of likely N-dealkylation sites (tertiary alicyclic amines) is 1. The van der Waals surface area contributed by atoms with E-state index >= 15 is 0 Å². The van der Waals surface area contributed by atoms with Gasteiger partial charge in [-0.3, -0.25) is 4.90 Å². The number of nitrogens with zero attached hydrogens (tertiary/aromatic N) is 2. The third-order valence-electron chi connectivity index (χ3n) is 6.06. The van der Waals surface area contributed by atoms with Gasteiger partial charge in [0.05, 0.1) is 13.2 Å². The van der Waals surface area contributed by atoms with Crippen molar-refractivity contribution in [3.8, 4) is 11.8 Å². The average Bonchev–Trinajstić information content (AvgIpc) is 3.25. The van der Waals surface area contributed by atoms with E-state index in [1.807, 2.05) is 36.4 Å². The highest BCUT2D eigenvalue weighted by Gasteiger charge is 2.45. The molecule has 0 saturated carbocycles. The van der Waals surface area contributed by atoms with Gasteiger partial charge >= 0.3 is 0 Å². The summed E-state index contributed by atoms with van der Waals surface area (Å²) in [5.74, 6) is 1.00. The van der Waals surface area contributed by atoms with E-state index in [1.165, 1.54) is 5.56 Å². The van der Waals surface area contributed by atoms with Crippen molar-refractivity contribution in [2.75, 3.05) is 20.2 Å². The van der Waals surface area contributed by atoms with Crippen molar-refractivity contribution in [3.63, 3.8) is 0 Å². The quantitative estimate of drug-likeness (QED) is 0.600. The molecule has 1 heterocycles. The lowest BCUT2D eigenvalue weighted by Gasteiger charge is -2.34. The Morgan fingerprint density at radius 2 is 1.66 bits per heavy atom. The summed E-state index contributed by atoms with van der Waals surface area (Å²) < 4.78 is 5.47. The second-order valence-corrected chi connectivity index (χ2v) is 7.72. The van der Waals surface area contributed by atoms with E-state index in [4.69, 9.17) is 4.74 Å². The van der Waals surface area contributed by atoms with E-state index in [9.17, 15) is 5.26 Å². The molecule has 0 amide bonds. The molecule has 3 aromatic rings. The van der Waals surface area contributed by atoms with Gasteiger partial charge in [0.2, 0.25) is 0 Å². The van der Waals surface area contributed by atoms with Crippen LogP contribution in [0.4, 0.5) is 0 Å². The second-order valence-electron chi connectivity index (χ2n) is 7.72. The highest BCUT2D eigenvalue weighted by molar-refractivity contribution is 5.49. The van der Waals surface area contributed by atoms with Crippen molar-refractivity contribution < 1.29 is 4.74 Å². The Morgan fingerprint density at radius 3 is 2.34 bits per heavy atom. The van der Waals surface area contributed by atoms with Crippen molar-refractivity contribution in [3.05, 3.63) is 102 Å². The molecule has 1 aliphatic heterocycles. The minimum absolute atomic E-state index is 0.214. The predicted molar refractivity (Wildman–Crippen MR) is 116 cm³/mol. The van der Waals surface area contributed by atoms with Gasteiger partial charge < -0.3 is 4.74 Å². The van der Waals surface area contributed by atoms with Crippen LogP contribution in [0.2, 0.25) is 0 Å². The summed E-state index contributed by atoms with van der Waals surface area (Å²) in [4.78, 5) is 2.47. The van der Waals surface area contributed by atoms with Gasteiger partial charge in [0.25, 0.3) is 0 Å². The molecule has 0 aromatic heterocycles. The number of methoxy groups -OCH3 is 1. The van der Waals surface area contributed by atoms with Crippen LogP contribution >= 0.6 is 0 Å². The standard InChI is InChI=1S/C26H26N2O/c1-29-25-14-8-13-23(17-25)26(20-27,22-11-6-3-7-12-22)24-15-16-28(19-24)18-21-9-4-2-5-10-21/h2-14,17,24H,15-16,18-19H2,1H3. The highest BCUT2D eigenvalue weighted by atomic mass is 16.5. The van der Waals surface area contributed by atoms with E-state index in [-0.39, 0.29) is 5.92 Å². The van der Waals surface area contributed by atoms with Crippen LogP contribution in [-0.4, -0.2) is 25.1 Å². The van der Waals surface area contributed by atoms with E-state index in [1.54, 1.807) is 7.11 Å². The summed E-state index contributed by atoms with van der Waals surface area (Å²) >= 11 is 0. The van der Waals surface area contributed by atoms with Gasteiger partial charge in [0, 0.05) is 13.1 Å². The summed E-state index contributed by atoms with van der Waals surface area (Å²) in [5, 5.41) is 10.6. The maximum Gasteiger partial charge on any atom is 0.119 e. The van der Waals surface area contributed by atoms with Gasteiger partial charge in [0.15, 0.2) is 0 Å². The molecule has 1 saturated heterocycles. The minimum Gasteiger partial charge on any atom is -0.497 e. The van der Waals surface area contributed by atoms with E-state index in [2.05, 4.69) is 59.5 Å². The molecular weight excluding hydrogens is 356 g/mol. The fourth-order valence-electron chi connectivity index (χ4n) is 4.60. The zero-order chi connectivity index (χ0) is 20.1. The largest absolute Gasteiger partial charge is 0.497 e. The van der Waals surface area contributed by atoms with Crippen molar-refractivity contribution in [2.24, 2.45) is 5.92 Å². The van der Waals surface area contributed by atoms with Gasteiger partial charge in [-0.2, -0.15) is 5.26 Å². The van der Waals surface area contributed by atoms with Crippen LogP contribution in [0, 0.1) is 17.2 Å². The Morgan fingerprint density at radius 1 is 0.966 bits per heavy atom. The van der Waals surface area contributed by atoms with E-state index < -0.39 is 5.41 Å². The molecule has 0 spiro atoms. The first-order valence-corrected chi connectivity index (χ1v) is 10.1. The Balaban J connectivity index is 1.70. The normalized spacial score (nSPS) is 18.7. The number of rotatable bonds is 6. The topological polar surface area (TPSA) is 36.3 Å². The number of benzene rings is 3. The van der Waals surface area contributed by atoms with Crippen molar-refractivity contribution in [1.82, 2.24) is 4.90 Å². The van der Waals surface area contributed by atoms with Crippen molar-refractivity contribution in [1.29, 1.82) is 5.26 Å². The Kier molecular flexibility index (Phi) is 5.64. The van der Waals surface area contributed by atoms with E-state index in [0.717, 1.165) is 42.9 Å². The molecule has 3 heteroatoms. The van der Waals surface area contributed by atoms with Gasteiger partial charge in [0.1, 0.15) is 11.2 Å². The molecule has 2 atom stereocenters. The lowest BCUT2D eigenvalue weighted by molar-refractivity contribution is 0.298. The number of hydrogen-bond acceptors (Lipinski definition) is 3. The summed E-state index contributed by atoms with van der Waals surface area (Å²) in [7, 11) is 1.67. The average molecular weight is 383 g/mol. The Hall–Kier alpha value is -3.09. The molecule has 3 nitrogen and oxygen atoms in total. The van der Waals surface area contributed by atoms with Crippen LogP contribution in [0.5, 0.6) is 5.75 Å².